The van der Waals surface area contributed by atoms with Crippen molar-refractivity contribution in [3.8, 4) is 0 Å². The maximum Gasteiger partial charge on any atom is 0.337 e. The molecular formula is C18H22N4O3. The minimum atomic E-state index is -0.453. The number of pyridine rings is 1. The summed E-state index contributed by atoms with van der Waals surface area (Å²) in [6.07, 6.45) is 1.51. The summed E-state index contributed by atoms with van der Waals surface area (Å²) in [7, 11) is 5.31. The summed E-state index contributed by atoms with van der Waals surface area (Å²) < 4.78 is 4.67. The van der Waals surface area contributed by atoms with Gasteiger partial charge in [0.15, 0.2) is 0 Å². The number of nitrogens with one attached hydrogen (secondary N) is 2. The van der Waals surface area contributed by atoms with Crippen LogP contribution in [0.3, 0.4) is 0 Å². The second kappa shape index (κ2) is 8.79. The molecule has 132 valence electrons. The van der Waals surface area contributed by atoms with Crippen LogP contribution in [0, 0.1) is 0 Å². The number of anilines is 2. The highest BCUT2D eigenvalue weighted by Gasteiger charge is 2.10. The van der Waals surface area contributed by atoms with Gasteiger partial charge in [0.2, 0.25) is 0 Å². The summed E-state index contributed by atoms with van der Waals surface area (Å²) in [5, 5.41) is 5.92. The Morgan fingerprint density at radius 1 is 1.16 bits per heavy atom. The molecule has 2 aromatic rings. The van der Waals surface area contributed by atoms with E-state index < -0.39 is 5.97 Å². The molecule has 0 aliphatic rings. The van der Waals surface area contributed by atoms with Crippen molar-refractivity contribution in [2.24, 2.45) is 0 Å². The van der Waals surface area contributed by atoms with E-state index in [0.717, 1.165) is 13.1 Å². The number of carbonyl (C=O) groups excluding carboxylic acids is 2. The molecule has 7 nitrogen and oxygen atoms in total. The van der Waals surface area contributed by atoms with Gasteiger partial charge in [0.25, 0.3) is 5.91 Å². The molecule has 2 rings (SSSR count). The molecule has 0 aliphatic heterocycles. The van der Waals surface area contributed by atoms with Crippen LogP contribution in [0.25, 0.3) is 0 Å². The van der Waals surface area contributed by atoms with Crippen LogP contribution in [-0.4, -0.2) is 56.1 Å². The standard InChI is InChI=1S/C18H22N4O3/c1-22(2)10-9-19-16-8-7-14(12-20-16)17(23)21-15-6-4-5-13(11-15)18(24)25-3/h4-8,11-12H,9-10H2,1-3H3,(H,19,20)(H,21,23). The van der Waals surface area contributed by atoms with Gasteiger partial charge in [-0.1, -0.05) is 6.07 Å². The molecule has 1 amide bonds. The van der Waals surface area contributed by atoms with E-state index in [4.69, 9.17) is 0 Å². The first-order chi connectivity index (χ1) is 12.0. The topological polar surface area (TPSA) is 83.6 Å². The number of methoxy groups -OCH3 is 1. The second-order valence-corrected chi connectivity index (χ2v) is 5.69. The lowest BCUT2D eigenvalue weighted by Gasteiger charge is -2.11. The fraction of sp³-hybridized carbons (Fsp3) is 0.278. The molecule has 0 unspecified atom stereocenters. The number of amides is 1. The average molecular weight is 342 g/mol. The Kier molecular flexibility index (Phi) is 6.47. The fourth-order valence-electron chi connectivity index (χ4n) is 2.09. The van der Waals surface area contributed by atoms with Crippen LogP contribution < -0.4 is 10.6 Å². The SMILES string of the molecule is COC(=O)c1cccc(NC(=O)c2ccc(NCCN(C)C)nc2)c1. The Hall–Kier alpha value is -2.93. The Bertz CT molecular complexity index is 729. The molecule has 0 saturated carbocycles. The van der Waals surface area contributed by atoms with Crippen LogP contribution in [0.4, 0.5) is 11.5 Å². The Labute approximate surface area is 147 Å². The number of rotatable bonds is 7. The van der Waals surface area contributed by atoms with Crippen LogP contribution >= 0.6 is 0 Å². The van der Waals surface area contributed by atoms with Crippen LogP contribution in [0.5, 0.6) is 0 Å². The lowest BCUT2D eigenvalue weighted by atomic mass is 10.2. The highest BCUT2D eigenvalue weighted by Crippen LogP contribution is 2.13. The summed E-state index contributed by atoms with van der Waals surface area (Å²) in [6.45, 7) is 1.66. The van der Waals surface area contributed by atoms with Crippen LogP contribution in [0.2, 0.25) is 0 Å². The van der Waals surface area contributed by atoms with Crippen molar-refractivity contribution < 1.29 is 14.3 Å². The Morgan fingerprint density at radius 2 is 1.96 bits per heavy atom. The summed E-state index contributed by atoms with van der Waals surface area (Å²) in [4.78, 5) is 30.1. The molecule has 0 fully saturated rings. The number of benzene rings is 1. The molecule has 0 saturated heterocycles. The van der Waals surface area contributed by atoms with Gasteiger partial charge in [-0.2, -0.15) is 0 Å². The van der Waals surface area contributed by atoms with Gasteiger partial charge in [0, 0.05) is 25.0 Å². The fourth-order valence-corrected chi connectivity index (χ4v) is 2.09. The van der Waals surface area contributed by atoms with Gasteiger partial charge in [0.1, 0.15) is 5.82 Å². The van der Waals surface area contributed by atoms with E-state index in [2.05, 4.69) is 25.3 Å². The smallest absolute Gasteiger partial charge is 0.337 e. The van der Waals surface area contributed by atoms with Crippen molar-refractivity contribution in [2.45, 2.75) is 0 Å². The van der Waals surface area contributed by atoms with E-state index in [1.165, 1.54) is 13.3 Å². The Morgan fingerprint density at radius 3 is 2.60 bits per heavy atom. The zero-order valence-electron chi connectivity index (χ0n) is 14.6. The third kappa shape index (κ3) is 5.58. The van der Waals surface area contributed by atoms with Crippen molar-refractivity contribution in [1.82, 2.24) is 9.88 Å². The molecule has 2 N–H and O–H groups in total. The minimum Gasteiger partial charge on any atom is -0.465 e. The van der Waals surface area contributed by atoms with Gasteiger partial charge in [-0.25, -0.2) is 9.78 Å². The zero-order valence-corrected chi connectivity index (χ0v) is 14.6. The molecule has 25 heavy (non-hydrogen) atoms. The van der Waals surface area contributed by atoms with E-state index in [1.54, 1.807) is 36.4 Å². The van der Waals surface area contributed by atoms with Gasteiger partial charge in [-0.3, -0.25) is 4.79 Å². The first-order valence-electron chi connectivity index (χ1n) is 7.84. The second-order valence-electron chi connectivity index (χ2n) is 5.69. The molecule has 0 radical (unpaired) electrons. The van der Waals surface area contributed by atoms with Gasteiger partial charge >= 0.3 is 5.97 Å². The molecule has 1 aromatic carbocycles. The predicted octanol–water partition coefficient (Wildman–Crippen LogP) is 2.09. The highest BCUT2D eigenvalue weighted by molar-refractivity contribution is 6.04. The van der Waals surface area contributed by atoms with E-state index in [0.29, 0.717) is 22.6 Å². The summed E-state index contributed by atoms with van der Waals surface area (Å²) in [6, 6.07) is 10.0. The molecule has 0 bridgehead atoms. The van der Waals surface area contributed by atoms with Gasteiger partial charge in [-0.15, -0.1) is 0 Å². The molecule has 0 spiro atoms. The summed E-state index contributed by atoms with van der Waals surface area (Å²) >= 11 is 0. The Balaban J connectivity index is 1.98. The lowest BCUT2D eigenvalue weighted by Crippen LogP contribution is -2.21. The first-order valence-corrected chi connectivity index (χ1v) is 7.84. The third-order valence-electron chi connectivity index (χ3n) is 3.43. The lowest BCUT2D eigenvalue weighted by molar-refractivity contribution is 0.0600. The number of hydrogen-bond acceptors (Lipinski definition) is 6. The zero-order chi connectivity index (χ0) is 18.2. The van der Waals surface area contributed by atoms with Crippen LogP contribution in [0.15, 0.2) is 42.6 Å². The molecule has 0 atom stereocenters. The highest BCUT2D eigenvalue weighted by atomic mass is 16.5. The van der Waals surface area contributed by atoms with Crippen molar-refractivity contribution in [3.63, 3.8) is 0 Å². The van der Waals surface area contributed by atoms with Gasteiger partial charge in [-0.05, 0) is 44.4 Å². The number of ether oxygens (including phenoxy) is 1. The van der Waals surface area contributed by atoms with E-state index in [1.807, 2.05) is 14.1 Å². The molecular weight excluding hydrogens is 320 g/mol. The van der Waals surface area contributed by atoms with Gasteiger partial charge in [0.05, 0.1) is 18.2 Å². The summed E-state index contributed by atoms with van der Waals surface area (Å²) in [5.41, 5.74) is 1.32. The third-order valence-corrected chi connectivity index (χ3v) is 3.43. The number of esters is 1. The average Bonchev–Trinajstić information content (AvgIpc) is 2.61. The van der Waals surface area contributed by atoms with E-state index >= 15 is 0 Å². The monoisotopic (exact) mass is 342 g/mol. The number of aromatic nitrogens is 1. The van der Waals surface area contributed by atoms with Crippen LogP contribution in [0.1, 0.15) is 20.7 Å². The first kappa shape index (κ1) is 18.4. The number of nitrogens with zero attached hydrogens (tertiary/aromatic N) is 2. The quantitative estimate of drug-likeness (QED) is 0.750. The van der Waals surface area contributed by atoms with Crippen LogP contribution in [-0.2, 0) is 4.74 Å². The molecule has 1 heterocycles. The predicted molar refractivity (Wildman–Crippen MR) is 97.0 cm³/mol. The number of likely N-dealkylation sites (N-methyl/N-ethyl adjacent to an activating group) is 1. The molecule has 1 aromatic heterocycles. The number of carbonyl (C=O) groups is 2. The van der Waals surface area contributed by atoms with E-state index in [-0.39, 0.29) is 5.91 Å². The van der Waals surface area contributed by atoms with Crippen molar-refractivity contribution in [3.05, 3.63) is 53.7 Å². The minimum absolute atomic E-state index is 0.297. The van der Waals surface area contributed by atoms with E-state index in [9.17, 15) is 9.59 Å². The maximum absolute atomic E-state index is 12.3. The molecule has 7 heteroatoms. The largest absolute Gasteiger partial charge is 0.465 e. The van der Waals surface area contributed by atoms with Crippen molar-refractivity contribution in [1.29, 1.82) is 0 Å². The summed E-state index contributed by atoms with van der Waals surface area (Å²) in [5.74, 6) is -0.0358. The van der Waals surface area contributed by atoms with Crippen molar-refractivity contribution in [2.75, 3.05) is 44.9 Å². The number of hydrogen-bond donors (Lipinski definition) is 2. The van der Waals surface area contributed by atoms with Gasteiger partial charge < -0.3 is 20.3 Å². The normalized spacial score (nSPS) is 10.4. The molecule has 0 aliphatic carbocycles. The van der Waals surface area contributed by atoms with Crippen molar-refractivity contribution >= 4 is 23.4 Å². The maximum atomic E-state index is 12.3.